The molecule has 1 heteroatoms. The van der Waals surface area contributed by atoms with E-state index < -0.39 is 0 Å². The summed E-state index contributed by atoms with van der Waals surface area (Å²) in [6.45, 7) is 0. The molecule has 0 bridgehead atoms. The van der Waals surface area contributed by atoms with Crippen LogP contribution in [-0.2, 0) is 10.2 Å². The van der Waals surface area contributed by atoms with Gasteiger partial charge in [0.05, 0.1) is 5.41 Å². The Morgan fingerprint density at radius 1 is 1.00 bits per heavy atom. The molecular formula is C14H12O. The zero-order valence-electron chi connectivity index (χ0n) is 8.44. The fourth-order valence-electron chi connectivity index (χ4n) is 2.11. The number of hydrogen-bond acceptors (Lipinski definition) is 1. The minimum Gasteiger partial charge on any atom is -0.302 e. The second-order valence-corrected chi connectivity index (χ2v) is 4.34. The van der Waals surface area contributed by atoms with Crippen molar-refractivity contribution in [2.75, 3.05) is 0 Å². The van der Waals surface area contributed by atoms with Crippen LogP contribution in [0.5, 0.6) is 0 Å². The molecule has 0 saturated heterocycles. The molecule has 0 atom stereocenters. The summed E-state index contributed by atoms with van der Waals surface area (Å²) in [4.78, 5) is 11.0. The van der Waals surface area contributed by atoms with Gasteiger partial charge in [-0.05, 0) is 29.2 Å². The first-order valence-electron chi connectivity index (χ1n) is 5.30. The van der Waals surface area contributed by atoms with Crippen molar-refractivity contribution in [3.8, 4) is 0 Å². The summed E-state index contributed by atoms with van der Waals surface area (Å²) < 4.78 is 0. The summed E-state index contributed by atoms with van der Waals surface area (Å²) in [7, 11) is 0. The van der Waals surface area contributed by atoms with Crippen LogP contribution in [0.25, 0.3) is 10.8 Å². The van der Waals surface area contributed by atoms with Crippen molar-refractivity contribution in [3.63, 3.8) is 0 Å². The van der Waals surface area contributed by atoms with Gasteiger partial charge in [-0.15, -0.1) is 0 Å². The standard InChI is InChI=1S/C14H12O/c15-10-14(7-8-14)13-6-5-11-3-1-2-4-12(11)9-13/h1-6,9-10H,7-8H2. The predicted molar refractivity (Wildman–Crippen MR) is 60.9 cm³/mol. The average Bonchev–Trinajstić information content (AvgIpc) is 3.09. The Morgan fingerprint density at radius 3 is 2.40 bits per heavy atom. The normalized spacial score (nSPS) is 17.6. The van der Waals surface area contributed by atoms with Crippen molar-refractivity contribution in [1.82, 2.24) is 0 Å². The number of carbonyl (C=O) groups excluding carboxylic acids is 1. The maximum Gasteiger partial charge on any atom is 0.130 e. The molecule has 1 saturated carbocycles. The van der Waals surface area contributed by atoms with Gasteiger partial charge < -0.3 is 4.79 Å². The van der Waals surface area contributed by atoms with Crippen molar-refractivity contribution in [1.29, 1.82) is 0 Å². The second-order valence-electron chi connectivity index (χ2n) is 4.34. The van der Waals surface area contributed by atoms with Gasteiger partial charge in [0.25, 0.3) is 0 Å². The highest BCUT2D eigenvalue weighted by Crippen LogP contribution is 2.46. The maximum absolute atomic E-state index is 11.0. The Balaban J connectivity index is 2.18. The smallest absolute Gasteiger partial charge is 0.130 e. The van der Waals surface area contributed by atoms with Crippen molar-refractivity contribution >= 4 is 17.1 Å². The molecule has 0 heterocycles. The number of carbonyl (C=O) groups is 1. The molecule has 3 rings (SSSR count). The topological polar surface area (TPSA) is 17.1 Å². The van der Waals surface area contributed by atoms with E-state index in [0.29, 0.717) is 0 Å². The van der Waals surface area contributed by atoms with E-state index in [1.807, 2.05) is 12.1 Å². The van der Waals surface area contributed by atoms with Crippen LogP contribution in [-0.4, -0.2) is 6.29 Å². The summed E-state index contributed by atoms with van der Waals surface area (Å²) in [5, 5.41) is 2.46. The van der Waals surface area contributed by atoms with Crippen LogP contribution in [0.1, 0.15) is 18.4 Å². The summed E-state index contributed by atoms with van der Waals surface area (Å²) in [6, 6.07) is 14.6. The minimum atomic E-state index is -0.149. The average molecular weight is 196 g/mol. The first-order valence-corrected chi connectivity index (χ1v) is 5.30. The fraction of sp³-hybridized carbons (Fsp3) is 0.214. The molecule has 2 aromatic rings. The molecule has 0 aromatic heterocycles. The monoisotopic (exact) mass is 196 g/mol. The molecule has 2 aromatic carbocycles. The molecule has 0 aliphatic heterocycles. The number of hydrogen-bond donors (Lipinski definition) is 0. The first-order chi connectivity index (χ1) is 7.34. The molecule has 0 radical (unpaired) electrons. The zero-order chi connectivity index (χ0) is 10.3. The van der Waals surface area contributed by atoms with E-state index >= 15 is 0 Å². The maximum atomic E-state index is 11.0. The van der Waals surface area contributed by atoms with E-state index in [1.54, 1.807) is 0 Å². The van der Waals surface area contributed by atoms with Crippen molar-refractivity contribution < 1.29 is 4.79 Å². The predicted octanol–water partition coefficient (Wildman–Crippen LogP) is 3.07. The van der Waals surface area contributed by atoms with Gasteiger partial charge in [0.1, 0.15) is 6.29 Å². The van der Waals surface area contributed by atoms with Crippen LogP contribution in [0, 0.1) is 0 Å². The summed E-state index contributed by atoms with van der Waals surface area (Å²) in [5.74, 6) is 0. The number of benzene rings is 2. The second kappa shape index (κ2) is 2.93. The highest BCUT2D eigenvalue weighted by molar-refractivity contribution is 5.85. The molecule has 1 aliphatic rings. The van der Waals surface area contributed by atoms with Gasteiger partial charge >= 0.3 is 0 Å². The van der Waals surface area contributed by atoms with Crippen molar-refractivity contribution in [2.24, 2.45) is 0 Å². The van der Waals surface area contributed by atoms with Gasteiger partial charge in [0.15, 0.2) is 0 Å². The van der Waals surface area contributed by atoms with Gasteiger partial charge in [-0.3, -0.25) is 0 Å². The van der Waals surface area contributed by atoms with Crippen molar-refractivity contribution in [3.05, 3.63) is 48.0 Å². The van der Waals surface area contributed by atoms with E-state index in [2.05, 4.69) is 30.3 Å². The summed E-state index contributed by atoms with van der Waals surface area (Å²) in [6.07, 6.45) is 3.13. The van der Waals surface area contributed by atoms with E-state index in [-0.39, 0.29) is 5.41 Å². The highest BCUT2D eigenvalue weighted by atomic mass is 16.1. The quantitative estimate of drug-likeness (QED) is 0.674. The first kappa shape index (κ1) is 8.66. The third kappa shape index (κ3) is 1.27. The number of fused-ring (bicyclic) bond motifs is 1. The Hall–Kier alpha value is -1.63. The summed E-state index contributed by atoms with van der Waals surface area (Å²) >= 11 is 0. The fourth-order valence-corrected chi connectivity index (χ4v) is 2.11. The molecule has 1 fully saturated rings. The van der Waals surface area contributed by atoms with Crippen LogP contribution in [0.2, 0.25) is 0 Å². The molecule has 0 N–H and O–H groups in total. The largest absolute Gasteiger partial charge is 0.302 e. The van der Waals surface area contributed by atoms with Gasteiger partial charge in [0.2, 0.25) is 0 Å². The summed E-state index contributed by atoms with van der Waals surface area (Å²) in [5.41, 5.74) is 1.03. The van der Waals surface area contributed by atoms with Crippen LogP contribution < -0.4 is 0 Å². The van der Waals surface area contributed by atoms with E-state index in [4.69, 9.17) is 0 Å². The lowest BCUT2D eigenvalue weighted by Crippen LogP contribution is -2.07. The number of aldehydes is 1. The SMILES string of the molecule is O=CC1(c2ccc3ccccc3c2)CC1. The lowest BCUT2D eigenvalue weighted by atomic mass is 9.95. The lowest BCUT2D eigenvalue weighted by Gasteiger charge is -2.08. The Bertz CT molecular complexity index is 524. The Labute approximate surface area is 88.7 Å². The molecule has 0 spiro atoms. The van der Waals surface area contributed by atoms with Gasteiger partial charge in [-0.2, -0.15) is 0 Å². The molecule has 15 heavy (non-hydrogen) atoms. The molecular weight excluding hydrogens is 184 g/mol. The molecule has 0 amide bonds. The zero-order valence-corrected chi connectivity index (χ0v) is 8.44. The lowest BCUT2D eigenvalue weighted by molar-refractivity contribution is -0.109. The molecule has 1 nitrogen and oxygen atoms in total. The highest BCUT2D eigenvalue weighted by Gasteiger charge is 2.44. The van der Waals surface area contributed by atoms with Crippen LogP contribution in [0.4, 0.5) is 0 Å². The molecule has 1 aliphatic carbocycles. The van der Waals surface area contributed by atoms with Gasteiger partial charge in [0, 0.05) is 0 Å². The number of rotatable bonds is 2. The van der Waals surface area contributed by atoms with Crippen molar-refractivity contribution in [2.45, 2.75) is 18.3 Å². The Morgan fingerprint density at radius 2 is 1.73 bits per heavy atom. The molecule has 0 unspecified atom stereocenters. The van der Waals surface area contributed by atoms with E-state index in [1.165, 1.54) is 16.3 Å². The Kier molecular flexibility index (Phi) is 1.69. The van der Waals surface area contributed by atoms with Crippen LogP contribution >= 0.6 is 0 Å². The molecule has 74 valence electrons. The van der Waals surface area contributed by atoms with E-state index in [0.717, 1.165) is 19.1 Å². The third-order valence-corrected chi connectivity index (χ3v) is 3.34. The van der Waals surface area contributed by atoms with E-state index in [9.17, 15) is 4.79 Å². The van der Waals surface area contributed by atoms with Crippen LogP contribution in [0.15, 0.2) is 42.5 Å². The van der Waals surface area contributed by atoms with Gasteiger partial charge in [-0.25, -0.2) is 0 Å². The van der Waals surface area contributed by atoms with Crippen LogP contribution in [0.3, 0.4) is 0 Å². The third-order valence-electron chi connectivity index (χ3n) is 3.34. The van der Waals surface area contributed by atoms with Gasteiger partial charge in [-0.1, -0.05) is 42.5 Å². The minimum absolute atomic E-state index is 0.149.